The molecule has 10 heavy (non-hydrogen) atoms. The Morgan fingerprint density at radius 1 is 1.50 bits per heavy atom. The van der Waals surface area contributed by atoms with Crippen LogP contribution in [0.25, 0.3) is 0 Å². The normalized spacial score (nSPS) is 8.50. The van der Waals surface area contributed by atoms with E-state index in [-0.39, 0.29) is 25.3 Å². The molecule has 0 saturated carbocycles. The van der Waals surface area contributed by atoms with Crippen LogP contribution in [0.15, 0.2) is 15.8 Å². The van der Waals surface area contributed by atoms with Crippen LogP contribution in [-0.4, -0.2) is 4.98 Å². The molecule has 4 nitrogen and oxygen atoms in total. The standard InChI is InChI=1S/C5H6N2O2.Os/c1-3-2-6-5(9)7-4(3)8;/h2H,1H3,(H2,6,7,8,9);/q;+1/p-1. The number of aryl methyl sites for hydroxylation is 1. The van der Waals surface area contributed by atoms with Gasteiger partial charge >= 0.3 is 19.8 Å². The van der Waals surface area contributed by atoms with Gasteiger partial charge in [0.15, 0.2) is 11.2 Å². The van der Waals surface area contributed by atoms with Gasteiger partial charge < -0.3 is 9.97 Å². The Bertz CT molecular complexity index is 314. The van der Waals surface area contributed by atoms with Crippen LogP contribution in [0, 0.1) is 6.92 Å². The average molecular weight is 315 g/mol. The Morgan fingerprint density at radius 2 is 2.10 bits per heavy atom. The Morgan fingerprint density at radius 3 is 2.50 bits per heavy atom. The second-order valence-electron chi connectivity index (χ2n) is 1.70. The molecule has 1 rings (SSSR count). The van der Waals surface area contributed by atoms with Gasteiger partial charge in [-0.05, 0) is 12.5 Å². The summed E-state index contributed by atoms with van der Waals surface area (Å²) in [5, 5.41) is 0. The molecule has 1 heterocycles. The molecule has 0 saturated heterocycles. The molecule has 1 N–H and O–H groups in total. The summed E-state index contributed by atoms with van der Waals surface area (Å²) >= 11 is 0. The minimum atomic E-state index is -0.592. The molecule has 0 aliphatic rings. The molecular weight excluding hydrogens is 310 g/mol. The number of H-pyrrole nitrogens is 1. The Kier molecular flexibility index (Phi) is 3.24. The molecule has 1 aromatic heterocycles. The van der Waals surface area contributed by atoms with E-state index in [1.807, 2.05) is 4.98 Å². The van der Waals surface area contributed by atoms with Crippen molar-refractivity contribution >= 4 is 0 Å². The monoisotopic (exact) mass is 317 g/mol. The summed E-state index contributed by atoms with van der Waals surface area (Å²) in [6.07, 6.45) is 1.25. The van der Waals surface area contributed by atoms with Gasteiger partial charge in [0.1, 0.15) is 0 Å². The molecule has 0 aromatic carbocycles. The van der Waals surface area contributed by atoms with E-state index in [1.54, 1.807) is 6.92 Å². The first-order chi connectivity index (χ1) is 4.20. The first-order valence-corrected chi connectivity index (χ1v) is 2.43. The Balaban J connectivity index is 0.000000810. The smallest absolute Gasteiger partial charge is 0.407 e. The van der Waals surface area contributed by atoms with Crippen LogP contribution in [0.3, 0.4) is 0 Å². The first kappa shape index (κ1) is 9.32. The predicted molar refractivity (Wildman–Crippen MR) is 31.4 cm³/mol. The molecular formula is C5H5N2O2Os. The van der Waals surface area contributed by atoms with Gasteiger partial charge in [-0.2, -0.15) is 0 Å². The zero-order chi connectivity index (χ0) is 6.85. The molecule has 0 spiro atoms. The molecule has 0 aliphatic carbocycles. The number of nitrogens with one attached hydrogen (secondary N) is 1. The molecule has 0 fully saturated rings. The van der Waals surface area contributed by atoms with E-state index in [1.165, 1.54) is 6.20 Å². The van der Waals surface area contributed by atoms with E-state index in [4.69, 9.17) is 0 Å². The van der Waals surface area contributed by atoms with Gasteiger partial charge in [-0.25, -0.2) is 0 Å². The summed E-state index contributed by atoms with van der Waals surface area (Å²) in [5.74, 6) is 0. The minimum absolute atomic E-state index is 0. The third-order valence-corrected chi connectivity index (χ3v) is 0.954. The fourth-order valence-electron chi connectivity index (χ4n) is 0.442. The molecule has 0 bridgehead atoms. The molecule has 5 heteroatoms. The van der Waals surface area contributed by atoms with Crippen molar-refractivity contribution in [3.05, 3.63) is 32.6 Å². The van der Waals surface area contributed by atoms with Crippen LogP contribution in [0.4, 0.5) is 0 Å². The van der Waals surface area contributed by atoms with E-state index in [9.17, 15) is 9.59 Å². The SMILES string of the molecule is Cc1c[n-]c(=O)[nH]c1=O.[Os+]. The van der Waals surface area contributed by atoms with E-state index in [2.05, 4.69) is 4.98 Å². The van der Waals surface area contributed by atoms with Crippen molar-refractivity contribution in [1.29, 1.82) is 0 Å². The molecule has 0 amide bonds. The van der Waals surface area contributed by atoms with E-state index in [0.717, 1.165) is 0 Å². The number of nitrogens with zero attached hydrogens (tertiary/aromatic N) is 1. The summed E-state index contributed by atoms with van der Waals surface area (Å²) in [7, 11) is 0. The van der Waals surface area contributed by atoms with Crippen LogP contribution in [0.1, 0.15) is 5.56 Å². The van der Waals surface area contributed by atoms with Crippen LogP contribution in [0.2, 0.25) is 0 Å². The summed E-state index contributed by atoms with van der Waals surface area (Å²) in [4.78, 5) is 26.2. The molecule has 1 radical (unpaired) electrons. The van der Waals surface area contributed by atoms with Gasteiger partial charge in [-0.15, -0.1) is 0 Å². The summed E-state index contributed by atoms with van der Waals surface area (Å²) in [6.45, 7) is 1.59. The van der Waals surface area contributed by atoms with Crippen molar-refractivity contribution in [3.63, 3.8) is 0 Å². The molecule has 0 unspecified atom stereocenters. The summed E-state index contributed by atoms with van der Waals surface area (Å²) < 4.78 is 0. The van der Waals surface area contributed by atoms with Crippen molar-refractivity contribution < 1.29 is 19.8 Å². The van der Waals surface area contributed by atoms with Crippen molar-refractivity contribution in [2.45, 2.75) is 6.92 Å². The first-order valence-electron chi connectivity index (χ1n) is 2.43. The minimum Gasteiger partial charge on any atom is -0.407 e. The van der Waals surface area contributed by atoms with Gasteiger partial charge in [0, 0.05) is 0 Å². The van der Waals surface area contributed by atoms with Crippen molar-refractivity contribution in [2.75, 3.05) is 0 Å². The van der Waals surface area contributed by atoms with Gasteiger partial charge in [0.25, 0.3) is 0 Å². The average Bonchev–Trinajstić information content (AvgIpc) is 1.80. The topological polar surface area (TPSA) is 64.0 Å². The Hall–Kier alpha value is -0.684. The third kappa shape index (κ3) is 1.92. The van der Waals surface area contributed by atoms with Gasteiger partial charge in [-0.1, -0.05) is 6.20 Å². The third-order valence-electron chi connectivity index (χ3n) is 0.954. The van der Waals surface area contributed by atoms with Crippen molar-refractivity contribution in [1.82, 2.24) is 9.97 Å². The van der Waals surface area contributed by atoms with Crippen molar-refractivity contribution in [2.24, 2.45) is 0 Å². The number of rotatable bonds is 0. The zero-order valence-corrected chi connectivity index (χ0v) is 7.74. The number of aromatic nitrogens is 2. The fraction of sp³-hybridized carbons (Fsp3) is 0.200. The summed E-state index contributed by atoms with van der Waals surface area (Å²) in [6, 6.07) is 0. The second kappa shape index (κ2) is 3.48. The predicted octanol–water partition coefficient (Wildman–Crippen LogP) is -1.00. The molecule has 1 aromatic rings. The summed E-state index contributed by atoms with van der Waals surface area (Å²) in [5.41, 5.74) is -0.504. The second-order valence-corrected chi connectivity index (χ2v) is 1.70. The van der Waals surface area contributed by atoms with E-state index in [0.29, 0.717) is 5.56 Å². The number of hydrogen-bond acceptors (Lipinski definition) is 2. The van der Waals surface area contributed by atoms with Crippen LogP contribution < -0.4 is 16.2 Å². The maximum absolute atomic E-state index is 10.5. The van der Waals surface area contributed by atoms with Crippen LogP contribution in [0.5, 0.6) is 0 Å². The van der Waals surface area contributed by atoms with Crippen molar-refractivity contribution in [3.8, 4) is 0 Å². The molecule has 0 atom stereocenters. The van der Waals surface area contributed by atoms with Gasteiger partial charge in [0.05, 0.1) is 0 Å². The van der Waals surface area contributed by atoms with E-state index < -0.39 is 5.69 Å². The van der Waals surface area contributed by atoms with E-state index >= 15 is 0 Å². The van der Waals surface area contributed by atoms with Crippen LogP contribution in [-0.2, 0) is 19.8 Å². The van der Waals surface area contributed by atoms with Gasteiger partial charge in [-0.3, -0.25) is 9.59 Å². The molecule has 0 aliphatic heterocycles. The maximum Gasteiger partial charge on any atom is 1.00 e. The Labute approximate surface area is 69.7 Å². The van der Waals surface area contributed by atoms with Crippen LogP contribution >= 0.6 is 0 Å². The maximum atomic E-state index is 10.5. The van der Waals surface area contributed by atoms with Gasteiger partial charge in [0.2, 0.25) is 0 Å². The quantitative estimate of drug-likeness (QED) is 0.668. The largest absolute Gasteiger partial charge is 1.00 e. The fourth-order valence-corrected chi connectivity index (χ4v) is 0.442. The number of hydrogen-bond donors (Lipinski definition) is 1. The number of aromatic amines is 1. The zero-order valence-electron chi connectivity index (χ0n) is 5.19. The molecule has 55 valence electrons.